The van der Waals surface area contributed by atoms with Gasteiger partial charge < -0.3 is 9.57 Å². The molecule has 64 valence electrons. The maximum atomic E-state index is 5.21. The fourth-order valence-electron chi connectivity index (χ4n) is 1.14. The monoisotopic (exact) mass is 157 g/mol. The van der Waals surface area contributed by atoms with Crippen molar-refractivity contribution in [3.63, 3.8) is 0 Å². The van der Waals surface area contributed by atoms with E-state index < -0.39 is 0 Å². The van der Waals surface area contributed by atoms with E-state index in [1.165, 1.54) is 0 Å². The van der Waals surface area contributed by atoms with Gasteiger partial charge in [-0.1, -0.05) is 5.16 Å². The van der Waals surface area contributed by atoms with Crippen LogP contribution in [0, 0.1) is 5.92 Å². The van der Waals surface area contributed by atoms with Crippen molar-refractivity contribution in [2.75, 3.05) is 19.8 Å². The molecule has 1 fully saturated rings. The number of hydrogen-bond acceptors (Lipinski definition) is 3. The lowest BCUT2D eigenvalue weighted by Crippen LogP contribution is -2.19. The minimum absolute atomic E-state index is 0.646. The van der Waals surface area contributed by atoms with Gasteiger partial charge >= 0.3 is 0 Å². The van der Waals surface area contributed by atoms with Gasteiger partial charge in [0.1, 0.15) is 6.61 Å². The Morgan fingerprint density at radius 1 is 1.55 bits per heavy atom. The summed E-state index contributed by atoms with van der Waals surface area (Å²) < 4.78 is 5.21. The third kappa shape index (κ3) is 3.37. The van der Waals surface area contributed by atoms with Crippen LogP contribution < -0.4 is 0 Å². The van der Waals surface area contributed by atoms with Crippen molar-refractivity contribution >= 4 is 6.21 Å². The molecular weight excluding hydrogens is 142 g/mol. The Labute approximate surface area is 67.4 Å². The molecule has 1 aliphatic heterocycles. The number of nitrogens with zero attached hydrogens (tertiary/aromatic N) is 1. The maximum Gasteiger partial charge on any atom is 0.120 e. The molecule has 1 aliphatic rings. The predicted molar refractivity (Wildman–Crippen MR) is 43.7 cm³/mol. The lowest BCUT2D eigenvalue weighted by molar-refractivity contribution is 0.0227. The molecule has 1 saturated heterocycles. The summed E-state index contributed by atoms with van der Waals surface area (Å²) in [6, 6.07) is 0. The number of hydrogen-bond donors (Lipinski definition) is 0. The summed E-state index contributed by atoms with van der Waals surface area (Å²) in [6.07, 6.45) is 3.89. The average molecular weight is 157 g/mol. The van der Waals surface area contributed by atoms with Gasteiger partial charge in [-0.2, -0.15) is 0 Å². The molecular formula is C8H15NO2. The molecule has 0 saturated carbocycles. The molecule has 1 rings (SSSR count). The van der Waals surface area contributed by atoms with Crippen LogP contribution in [0.15, 0.2) is 5.16 Å². The first-order chi connectivity index (χ1) is 5.43. The molecule has 0 aliphatic carbocycles. The quantitative estimate of drug-likeness (QED) is 0.458. The van der Waals surface area contributed by atoms with Gasteiger partial charge in [0.2, 0.25) is 0 Å². The highest BCUT2D eigenvalue weighted by atomic mass is 16.6. The summed E-state index contributed by atoms with van der Waals surface area (Å²) in [5.41, 5.74) is 0. The lowest BCUT2D eigenvalue weighted by Gasteiger charge is -2.20. The molecule has 0 atom stereocenters. The van der Waals surface area contributed by atoms with E-state index in [1.807, 2.05) is 6.92 Å². The second-order valence-corrected chi connectivity index (χ2v) is 2.72. The van der Waals surface area contributed by atoms with Crippen LogP contribution >= 0.6 is 0 Å². The summed E-state index contributed by atoms with van der Waals surface area (Å²) in [5.74, 6) is 0.646. The SMILES string of the molecule is C/C=N\OCC1CCOCC1. The van der Waals surface area contributed by atoms with Crippen LogP contribution in [-0.2, 0) is 9.57 Å². The Balaban J connectivity index is 2.04. The Kier molecular flexibility index (Phi) is 3.98. The van der Waals surface area contributed by atoms with E-state index >= 15 is 0 Å². The Morgan fingerprint density at radius 2 is 2.27 bits per heavy atom. The smallest absolute Gasteiger partial charge is 0.120 e. The Hall–Kier alpha value is -0.570. The highest BCUT2D eigenvalue weighted by molar-refractivity contribution is 5.52. The first kappa shape index (κ1) is 8.53. The van der Waals surface area contributed by atoms with E-state index in [2.05, 4.69) is 5.16 Å². The van der Waals surface area contributed by atoms with Gasteiger partial charge in [0.15, 0.2) is 0 Å². The van der Waals surface area contributed by atoms with Crippen LogP contribution in [-0.4, -0.2) is 26.0 Å². The van der Waals surface area contributed by atoms with Crippen LogP contribution in [0.25, 0.3) is 0 Å². The molecule has 0 aromatic heterocycles. The second kappa shape index (κ2) is 5.13. The summed E-state index contributed by atoms with van der Waals surface area (Å²) in [7, 11) is 0. The second-order valence-electron chi connectivity index (χ2n) is 2.72. The minimum Gasteiger partial charge on any atom is -0.396 e. The topological polar surface area (TPSA) is 30.8 Å². The van der Waals surface area contributed by atoms with Gasteiger partial charge in [-0.05, 0) is 19.8 Å². The molecule has 11 heavy (non-hydrogen) atoms. The number of ether oxygens (including phenoxy) is 1. The van der Waals surface area contributed by atoms with Crippen molar-refractivity contribution in [2.24, 2.45) is 11.1 Å². The van der Waals surface area contributed by atoms with Gasteiger partial charge in [-0.15, -0.1) is 0 Å². The minimum atomic E-state index is 0.646. The van der Waals surface area contributed by atoms with Crippen molar-refractivity contribution < 1.29 is 9.57 Å². The third-order valence-corrected chi connectivity index (χ3v) is 1.83. The highest BCUT2D eigenvalue weighted by Crippen LogP contribution is 2.14. The zero-order chi connectivity index (χ0) is 7.94. The summed E-state index contributed by atoms with van der Waals surface area (Å²) in [4.78, 5) is 5.04. The summed E-state index contributed by atoms with van der Waals surface area (Å²) in [5, 5.41) is 3.70. The van der Waals surface area contributed by atoms with Crippen molar-refractivity contribution in [2.45, 2.75) is 19.8 Å². The van der Waals surface area contributed by atoms with E-state index in [0.29, 0.717) is 5.92 Å². The van der Waals surface area contributed by atoms with E-state index in [1.54, 1.807) is 6.21 Å². The van der Waals surface area contributed by atoms with Crippen LogP contribution in [0.2, 0.25) is 0 Å². The number of oxime groups is 1. The van der Waals surface area contributed by atoms with Crippen LogP contribution in [0.5, 0.6) is 0 Å². The lowest BCUT2D eigenvalue weighted by atomic mass is 10.0. The molecule has 0 radical (unpaired) electrons. The van der Waals surface area contributed by atoms with Crippen LogP contribution in [0.4, 0.5) is 0 Å². The zero-order valence-electron chi connectivity index (χ0n) is 6.95. The Bertz CT molecular complexity index is 119. The largest absolute Gasteiger partial charge is 0.396 e. The van der Waals surface area contributed by atoms with Crippen LogP contribution in [0.3, 0.4) is 0 Å². The zero-order valence-corrected chi connectivity index (χ0v) is 6.95. The van der Waals surface area contributed by atoms with E-state index in [9.17, 15) is 0 Å². The molecule has 0 unspecified atom stereocenters. The first-order valence-corrected chi connectivity index (χ1v) is 4.11. The Morgan fingerprint density at radius 3 is 2.91 bits per heavy atom. The molecule has 0 aromatic rings. The molecule has 0 spiro atoms. The molecule has 3 nitrogen and oxygen atoms in total. The van der Waals surface area contributed by atoms with Crippen molar-refractivity contribution in [3.05, 3.63) is 0 Å². The summed E-state index contributed by atoms with van der Waals surface area (Å²) >= 11 is 0. The molecule has 0 bridgehead atoms. The van der Waals surface area contributed by atoms with E-state index in [-0.39, 0.29) is 0 Å². The number of rotatable bonds is 3. The average Bonchev–Trinajstić information content (AvgIpc) is 2.07. The van der Waals surface area contributed by atoms with Gasteiger partial charge in [0.25, 0.3) is 0 Å². The normalized spacial score (nSPS) is 20.8. The molecule has 0 amide bonds. The standard InChI is InChI=1S/C8H15NO2/c1-2-9-11-7-8-3-5-10-6-4-8/h2,8H,3-7H2,1H3/b9-2-. The maximum absolute atomic E-state index is 5.21. The fourth-order valence-corrected chi connectivity index (χ4v) is 1.14. The van der Waals surface area contributed by atoms with E-state index in [4.69, 9.17) is 9.57 Å². The van der Waals surface area contributed by atoms with Gasteiger partial charge in [0, 0.05) is 25.3 Å². The van der Waals surface area contributed by atoms with Gasteiger partial charge in [0.05, 0.1) is 0 Å². The molecule has 3 heteroatoms. The molecule has 1 heterocycles. The van der Waals surface area contributed by atoms with E-state index in [0.717, 1.165) is 32.7 Å². The first-order valence-electron chi connectivity index (χ1n) is 4.11. The highest BCUT2D eigenvalue weighted by Gasteiger charge is 2.13. The molecule has 0 aromatic carbocycles. The van der Waals surface area contributed by atoms with Gasteiger partial charge in [-0.3, -0.25) is 0 Å². The van der Waals surface area contributed by atoms with Gasteiger partial charge in [-0.25, -0.2) is 0 Å². The van der Waals surface area contributed by atoms with Crippen LogP contribution in [0.1, 0.15) is 19.8 Å². The predicted octanol–water partition coefficient (Wildman–Crippen LogP) is 1.44. The van der Waals surface area contributed by atoms with Crippen molar-refractivity contribution in [3.8, 4) is 0 Å². The third-order valence-electron chi connectivity index (χ3n) is 1.83. The van der Waals surface area contributed by atoms with Crippen molar-refractivity contribution in [1.82, 2.24) is 0 Å². The van der Waals surface area contributed by atoms with Crippen molar-refractivity contribution in [1.29, 1.82) is 0 Å². The summed E-state index contributed by atoms with van der Waals surface area (Å²) in [6.45, 7) is 4.35. The molecule has 0 N–H and O–H groups in total. The fraction of sp³-hybridized carbons (Fsp3) is 0.875.